The molecule has 0 saturated carbocycles. The molecular weight excluding hydrogens is 489 g/mol. The van der Waals surface area contributed by atoms with Crippen LogP contribution in [-0.4, -0.2) is 73.0 Å². The molecule has 3 rings (SSSR count). The van der Waals surface area contributed by atoms with Crippen LogP contribution in [0.2, 0.25) is 0 Å². The van der Waals surface area contributed by atoms with Gasteiger partial charge < -0.3 is 19.9 Å². The van der Waals surface area contributed by atoms with Gasteiger partial charge in [-0.15, -0.1) is 24.0 Å². The third-order valence-electron chi connectivity index (χ3n) is 5.28. The van der Waals surface area contributed by atoms with Gasteiger partial charge in [0.05, 0.1) is 18.1 Å². The van der Waals surface area contributed by atoms with Crippen molar-refractivity contribution in [1.82, 2.24) is 15.1 Å². The predicted octanol–water partition coefficient (Wildman–Crippen LogP) is 1.86. The Labute approximate surface area is 187 Å². The Morgan fingerprint density at radius 2 is 1.79 bits per heavy atom. The number of non-ortho nitro benzene ring substituents is 1. The molecule has 160 valence electrons. The van der Waals surface area contributed by atoms with Crippen molar-refractivity contribution in [2.24, 2.45) is 10.9 Å². The van der Waals surface area contributed by atoms with Gasteiger partial charge in [0, 0.05) is 57.8 Å². The predicted molar refractivity (Wildman–Crippen MR) is 120 cm³/mol. The standard InChI is InChI=1S/C19H27N5O4.HI/c1-20-19(21-14-15-2-4-17(5-3-15)24(26)27)23-8-6-16(7-9-23)18(25)22-10-12-28-13-11-22;/h2-5,16H,6-14H2,1H3,(H,20,21);1H. The topological polar surface area (TPSA) is 100 Å². The first-order valence-corrected chi connectivity index (χ1v) is 9.64. The van der Waals surface area contributed by atoms with Crippen LogP contribution in [0.1, 0.15) is 18.4 Å². The van der Waals surface area contributed by atoms with E-state index < -0.39 is 4.92 Å². The molecular formula is C19H28IN5O4. The number of nitro groups is 1. The highest BCUT2D eigenvalue weighted by Gasteiger charge is 2.30. The minimum absolute atomic E-state index is 0. The summed E-state index contributed by atoms with van der Waals surface area (Å²) < 4.78 is 5.32. The Morgan fingerprint density at radius 1 is 1.17 bits per heavy atom. The molecule has 1 aromatic rings. The van der Waals surface area contributed by atoms with Gasteiger partial charge >= 0.3 is 0 Å². The van der Waals surface area contributed by atoms with Gasteiger partial charge in [0.1, 0.15) is 0 Å². The minimum Gasteiger partial charge on any atom is -0.378 e. The summed E-state index contributed by atoms with van der Waals surface area (Å²) in [5.74, 6) is 1.11. The van der Waals surface area contributed by atoms with E-state index in [-0.39, 0.29) is 41.5 Å². The fourth-order valence-corrected chi connectivity index (χ4v) is 3.63. The Kier molecular flexibility index (Phi) is 9.08. The van der Waals surface area contributed by atoms with E-state index in [4.69, 9.17) is 4.74 Å². The van der Waals surface area contributed by atoms with Crippen molar-refractivity contribution < 1.29 is 14.5 Å². The summed E-state index contributed by atoms with van der Waals surface area (Å²) in [7, 11) is 1.74. The third-order valence-corrected chi connectivity index (χ3v) is 5.28. The van der Waals surface area contributed by atoms with Gasteiger partial charge in [-0.1, -0.05) is 12.1 Å². The quantitative estimate of drug-likeness (QED) is 0.215. The molecule has 2 fully saturated rings. The van der Waals surface area contributed by atoms with Gasteiger partial charge in [-0.25, -0.2) is 0 Å². The lowest BCUT2D eigenvalue weighted by Crippen LogP contribution is -2.49. The number of benzene rings is 1. The summed E-state index contributed by atoms with van der Waals surface area (Å²) in [5.41, 5.74) is 1.03. The normalized spacial score (nSPS) is 18.2. The van der Waals surface area contributed by atoms with Crippen LogP contribution in [0.3, 0.4) is 0 Å². The number of likely N-dealkylation sites (tertiary alicyclic amines) is 1. The van der Waals surface area contributed by atoms with E-state index in [0.717, 1.165) is 37.5 Å². The fraction of sp³-hybridized carbons (Fsp3) is 0.579. The number of nitro benzene ring substituents is 1. The Hall–Kier alpha value is -1.95. The van der Waals surface area contributed by atoms with E-state index in [1.807, 2.05) is 4.90 Å². The second-order valence-corrected chi connectivity index (χ2v) is 7.02. The van der Waals surface area contributed by atoms with Crippen LogP contribution >= 0.6 is 24.0 Å². The summed E-state index contributed by atoms with van der Waals surface area (Å²) in [4.78, 5) is 31.4. The van der Waals surface area contributed by atoms with Crippen LogP contribution in [0, 0.1) is 16.0 Å². The number of ether oxygens (including phenoxy) is 1. The summed E-state index contributed by atoms with van der Waals surface area (Å²) in [6, 6.07) is 6.49. The maximum Gasteiger partial charge on any atom is 0.269 e. The molecule has 10 heteroatoms. The highest BCUT2D eigenvalue weighted by molar-refractivity contribution is 14.0. The average molecular weight is 517 g/mol. The number of morpholine rings is 1. The van der Waals surface area contributed by atoms with E-state index in [1.54, 1.807) is 19.2 Å². The fourth-order valence-electron chi connectivity index (χ4n) is 3.63. The maximum atomic E-state index is 12.6. The van der Waals surface area contributed by atoms with Gasteiger partial charge in [-0.3, -0.25) is 19.9 Å². The monoisotopic (exact) mass is 517 g/mol. The number of rotatable bonds is 4. The number of piperidine rings is 1. The van der Waals surface area contributed by atoms with Crippen LogP contribution < -0.4 is 5.32 Å². The number of aliphatic imine (C=N–C) groups is 1. The Bertz CT molecular complexity index is 714. The number of amides is 1. The number of hydrogen-bond donors (Lipinski definition) is 1. The Balaban J connectivity index is 0.00000300. The highest BCUT2D eigenvalue weighted by Crippen LogP contribution is 2.20. The maximum absolute atomic E-state index is 12.6. The molecule has 0 unspecified atom stereocenters. The number of guanidine groups is 1. The number of nitrogens with zero attached hydrogens (tertiary/aromatic N) is 4. The summed E-state index contributed by atoms with van der Waals surface area (Å²) >= 11 is 0. The molecule has 2 saturated heterocycles. The van der Waals surface area contributed by atoms with E-state index in [2.05, 4.69) is 15.2 Å². The molecule has 0 atom stereocenters. The van der Waals surface area contributed by atoms with Crippen LogP contribution in [0.15, 0.2) is 29.3 Å². The number of carbonyl (C=O) groups excluding carboxylic acids is 1. The van der Waals surface area contributed by atoms with Gasteiger partial charge in [0.2, 0.25) is 5.91 Å². The van der Waals surface area contributed by atoms with E-state index in [9.17, 15) is 14.9 Å². The molecule has 29 heavy (non-hydrogen) atoms. The van der Waals surface area contributed by atoms with Crippen LogP contribution in [0.4, 0.5) is 5.69 Å². The van der Waals surface area contributed by atoms with Crippen molar-refractivity contribution >= 4 is 41.5 Å². The number of hydrogen-bond acceptors (Lipinski definition) is 5. The zero-order chi connectivity index (χ0) is 19.9. The minimum atomic E-state index is -0.404. The first-order chi connectivity index (χ1) is 13.6. The molecule has 0 aromatic heterocycles. The molecule has 2 heterocycles. The third kappa shape index (κ3) is 6.26. The number of halogens is 1. The summed E-state index contributed by atoms with van der Waals surface area (Å²) in [6.07, 6.45) is 1.63. The molecule has 0 bridgehead atoms. The van der Waals surface area contributed by atoms with Gasteiger partial charge in [-0.2, -0.15) is 0 Å². The number of carbonyl (C=O) groups is 1. The molecule has 1 amide bonds. The Morgan fingerprint density at radius 3 is 2.34 bits per heavy atom. The molecule has 1 N–H and O–H groups in total. The van der Waals surface area contributed by atoms with Crippen molar-refractivity contribution in [3.8, 4) is 0 Å². The summed E-state index contributed by atoms with van der Waals surface area (Å²) in [5, 5.41) is 14.0. The second kappa shape index (κ2) is 11.3. The second-order valence-electron chi connectivity index (χ2n) is 7.02. The molecule has 0 spiro atoms. The lowest BCUT2D eigenvalue weighted by molar-refractivity contribution is -0.384. The van der Waals surface area contributed by atoms with Gasteiger partial charge in [-0.05, 0) is 18.4 Å². The SMILES string of the molecule is CN=C(NCc1ccc([N+](=O)[O-])cc1)N1CCC(C(=O)N2CCOCC2)CC1.I. The van der Waals surface area contributed by atoms with Gasteiger partial charge in [0.25, 0.3) is 5.69 Å². The van der Waals surface area contributed by atoms with Crippen molar-refractivity contribution in [3.05, 3.63) is 39.9 Å². The van der Waals surface area contributed by atoms with Crippen molar-refractivity contribution in [3.63, 3.8) is 0 Å². The average Bonchev–Trinajstić information content (AvgIpc) is 2.75. The lowest BCUT2D eigenvalue weighted by atomic mass is 9.95. The zero-order valence-electron chi connectivity index (χ0n) is 16.6. The van der Waals surface area contributed by atoms with Crippen molar-refractivity contribution in [2.75, 3.05) is 46.4 Å². The van der Waals surface area contributed by atoms with Gasteiger partial charge in [0.15, 0.2) is 5.96 Å². The lowest BCUT2D eigenvalue weighted by Gasteiger charge is -2.36. The van der Waals surface area contributed by atoms with Crippen molar-refractivity contribution in [2.45, 2.75) is 19.4 Å². The van der Waals surface area contributed by atoms with Crippen LogP contribution in [0.25, 0.3) is 0 Å². The zero-order valence-corrected chi connectivity index (χ0v) is 18.9. The molecule has 2 aliphatic heterocycles. The van der Waals surface area contributed by atoms with Crippen LogP contribution in [-0.2, 0) is 16.1 Å². The first kappa shape index (κ1) is 23.3. The highest BCUT2D eigenvalue weighted by atomic mass is 127. The molecule has 1 aromatic carbocycles. The smallest absolute Gasteiger partial charge is 0.269 e. The summed E-state index contributed by atoms with van der Waals surface area (Å²) in [6.45, 7) is 4.74. The molecule has 0 radical (unpaired) electrons. The van der Waals surface area contributed by atoms with Crippen LogP contribution in [0.5, 0.6) is 0 Å². The molecule has 2 aliphatic rings. The number of nitrogens with one attached hydrogen (secondary N) is 1. The molecule has 9 nitrogen and oxygen atoms in total. The first-order valence-electron chi connectivity index (χ1n) is 9.64. The van der Waals surface area contributed by atoms with E-state index >= 15 is 0 Å². The van der Waals surface area contributed by atoms with E-state index in [1.165, 1.54) is 12.1 Å². The van der Waals surface area contributed by atoms with Crippen molar-refractivity contribution in [1.29, 1.82) is 0 Å². The largest absolute Gasteiger partial charge is 0.378 e. The molecule has 0 aliphatic carbocycles. The van der Waals surface area contributed by atoms with E-state index in [0.29, 0.717) is 32.8 Å².